The number of hydrogen-bond acceptors (Lipinski definition) is 6. The summed E-state index contributed by atoms with van der Waals surface area (Å²) >= 11 is 0. The van der Waals surface area contributed by atoms with Gasteiger partial charge in [0.1, 0.15) is 12.0 Å². The number of nitrogens with zero attached hydrogens (tertiary/aromatic N) is 2. The van der Waals surface area contributed by atoms with Crippen LogP contribution in [0, 0.1) is 17.7 Å². The SMILES string of the molecule is CCCCCOC(=O)Nc1nc(=O)n([C@@H]2O[C@H](C)[C@H]3CC(=O)C[C@H]32)cc1F. The Morgan fingerprint density at radius 1 is 1.37 bits per heavy atom. The largest absolute Gasteiger partial charge is 0.449 e. The summed E-state index contributed by atoms with van der Waals surface area (Å²) in [7, 11) is 0. The number of aromatic nitrogens is 2. The first-order valence-electron chi connectivity index (χ1n) is 9.30. The molecule has 0 radical (unpaired) electrons. The number of anilines is 1. The van der Waals surface area contributed by atoms with Crippen molar-refractivity contribution in [1.29, 1.82) is 0 Å². The zero-order valence-corrected chi connectivity index (χ0v) is 15.4. The Balaban J connectivity index is 1.71. The van der Waals surface area contributed by atoms with Gasteiger partial charge in [-0.15, -0.1) is 0 Å². The van der Waals surface area contributed by atoms with Crippen LogP contribution in [0.5, 0.6) is 0 Å². The second kappa shape index (κ2) is 8.16. The molecule has 2 heterocycles. The van der Waals surface area contributed by atoms with Crippen molar-refractivity contribution < 1.29 is 23.5 Å². The number of nitrogens with one attached hydrogen (secondary N) is 1. The molecule has 0 spiro atoms. The van der Waals surface area contributed by atoms with Gasteiger partial charge in [0.25, 0.3) is 0 Å². The maximum atomic E-state index is 14.4. The molecule has 148 valence electrons. The number of carbonyl (C=O) groups excluding carboxylic acids is 2. The third-order valence-corrected chi connectivity index (χ3v) is 5.18. The van der Waals surface area contributed by atoms with Crippen LogP contribution in [0.15, 0.2) is 11.0 Å². The highest BCUT2D eigenvalue weighted by Crippen LogP contribution is 2.47. The van der Waals surface area contributed by atoms with Gasteiger partial charge < -0.3 is 9.47 Å². The lowest BCUT2D eigenvalue weighted by atomic mass is 9.93. The second-order valence-corrected chi connectivity index (χ2v) is 7.10. The van der Waals surface area contributed by atoms with Crippen molar-refractivity contribution in [3.8, 4) is 0 Å². The van der Waals surface area contributed by atoms with Crippen molar-refractivity contribution in [2.75, 3.05) is 11.9 Å². The minimum Gasteiger partial charge on any atom is -0.449 e. The van der Waals surface area contributed by atoms with Gasteiger partial charge in [-0.1, -0.05) is 19.8 Å². The maximum absolute atomic E-state index is 14.4. The predicted octanol–water partition coefficient (Wildman–Crippen LogP) is 2.63. The van der Waals surface area contributed by atoms with E-state index in [-0.39, 0.29) is 30.3 Å². The highest BCUT2D eigenvalue weighted by atomic mass is 19.1. The summed E-state index contributed by atoms with van der Waals surface area (Å²) in [5.74, 6) is -1.39. The molecule has 1 N–H and O–H groups in total. The van der Waals surface area contributed by atoms with E-state index in [0.717, 1.165) is 23.6 Å². The van der Waals surface area contributed by atoms with Gasteiger partial charge in [0.05, 0.1) is 18.9 Å². The van der Waals surface area contributed by atoms with E-state index in [1.54, 1.807) is 0 Å². The minimum absolute atomic E-state index is 0.0216. The molecule has 1 saturated carbocycles. The highest BCUT2D eigenvalue weighted by molar-refractivity contribution is 5.83. The van der Waals surface area contributed by atoms with Gasteiger partial charge in [0.15, 0.2) is 11.6 Å². The first-order valence-corrected chi connectivity index (χ1v) is 9.30. The number of ketones is 1. The lowest BCUT2D eigenvalue weighted by Gasteiger charge is -2.19. The van der Waals surface area contributed by atoms with Gasteiger partial charge >= 0.3 is 11.8 Å². The van der Waals surface area contributed by atoms with E-state index >= 15 is 0 Å². The number of ether oxygens (including phenoxy) is 2. The van der Waals surface area contributed by atoms with Gasteiger partial charge in [-0.3, -0.25) is 14.7 Å². The summed E-state index contributed by atoms with van der Waals surface area (Å²) in [4.78, 5) is 39.4. The lowest BCUT2D eigenvalue weighted by molar-refractivity contribution is -0.119. The minimum atomic E-state index is -0.871. The Morgan fingerprint density at radius 3 is 2.85 bits per heavy atom. The number of rotatable bonds is 6. The molecule has 2 aliphatic rings. The number of hydrogen-bond donors (Lipinski definition) is 1. The van der Waals surface area contributed by atoms with Crippen LogP contribution >= 0.6 is 0 Å². The summed E-state index contributed by atoms with van der Waals surface area (Å²) in [5, 5.41) is 2.15. The van der Waals surface area contributed by atoms with Crippen molar-refractivity contribution in [3.05, 3.63) is 22.5 Å². The van der Waals surface area contributed by atoms with Gasteiger partial charge in [-0.25, -0.2) is 14.0 Å². The quantitative estimate of drug-likeness (QED) is 0.761. The Kier molecular flexibility index (Phi) is 5.88. The van der Waals surface area contributed by atoms with E-state index < -0.39 is 29.6 Å². The Morgan fingerprint density at radius 2 is 2.11 bits per heavy atom. The molecule has 1 aliphatic heterocycles. The van der Waals surface area contributed by atoms with Crippen molar-refractivity contribution in [2.24, 2.45) is 11.8 Å². The van der Waals surface area contributed by atoms with Gasteiger partial charge in [0, 0.05) is 18.8 Å². The molecule has 4 atom stereocenters. The topological polar surface area (TPSA) is 99.5 Å². The van der Waals surface area contributed by atoms with E-state index in [0.29, 0.717) is 19.3 Å². The van der Waals surface area contributed by atoms with Crippen molar-refractivity contribution in [3.63, 3.8) is 0 Å². The van der Waals surface area contributed by atoms with E-state index in [1.807, 2.05) is 13.8 Å². The fourth-order valence-corrected chi connectivity index (χ4v) is 3.80. The summed E-state index contributed by atoms with van der Waals surface area (Å²) in [5.41, 5.74) is -0.755. The van der Waals surface area contributed by atoms with Gasteiger partial charge in [0.2, 0.25) is 0 Å². The Hall–Kier alpha value is -2.29. The summed E-state index contributed by atoms with van der Waals surface area (Å²) < 4.78 is 26.2. The number of halogens is 1. The zero-order chi connectivity index (χ0) is 19.6. The first-order chi connectivity index (χ1) is 12.9. The van der Waals surface area contributed by atoms with Crippen LogP contribution in [0.25, 0.3) is 0 Å². The Labute approximate surface area is 156 Å². The van der Waals surface area contributed by atoms with Crippen molar-refractivity contribution in [1.82, 2.24) is 9.55 Å². The van der Waals surface area contributed by atoms with Crippen LogP contribution in [-0.4, -0.2) is 34.1 Å². The number of Topliss-reactive ketones (excluding diaryl/α,β-unsaturated/α-hetero) is 1. The zero-order valence-electron chi connectivity index (χ0n) is 15.4. The van der Waals surface area contributed by atoms with E-state index in [4.69, 9.17) is 9.47 Å². The lowest BCUT2D eigenvalue weighted by Crippen LogP contribution is -2.32. The first kappa shape index (κ1) is 19.5. The molecule has 3 rings (SSSR count). The van der Waals surface area contributed by atoms with Crippen LogP contribution in [0.3, 0.4) is 0 Å². The molecule has 1 aromatic rings. The molecule has 0 bridgehead atoms. The molecule has 1 aliphatic carbocycles. The normalized spacial score (nSPS) is 26.9. The van der Waals surface area contributed by atoms with E-state index in [1.165, 1.54) is 0 Å². The van der Waals surface area contributed by atoms with E-state index in [2.05, 4.69) is 10.3 Å². The average molecular weight is 381 g/mol. The second-order valence-electron chi connectivity index (χ2n) is 7.10. The molecule has 8 nitrogen and oxygen atoms in total. The molecule has 1 saturated heterocycles. The van der Waals surface area contributed by atoms with Crippen molar-refractivity contribution in [2.45, 2.75) is 58.3 Å². The summed E-state index contributed by atoms with van der Waals surface area (Å²) in [6, 6.07) is 0. The fraction of sp³-hybridized carbons (Fsp3) is 0.667. The highest BCUT2D eigenvalue weighted by Gasteiger charge is 2.49. The van der Waals surface area contributed by atoms with Crippen molar-refractivity contribution >= 4 is 17.7 Å². The predicted molar refractivity (Wildman–Crippen MR) is 93.8 cm³/mol. The van der Waals surface area contributed by atoms with Crippen LogP contribution in [0.2, 0.25) is 0 Å². The maximum Gasteiger partial charge on any atom is 0.412 e. The van der Waals surface area contributed by atoms with Gasteiger partial charge in [-0.05, 0) is 19.3 Å². The molecular weight excluding hydrogens is 357 g/mol. The third kappa shape index (κ3) is 4.18. The molecule has 9 heteroatoms. The number of carbonyl (C=O) groups is 2. The third-order valence-electron chi connectivity index (χ3n) is 5.18. The van der Waals surface area contributed by atoms with Gasteiger partial charge in [-0.2, -0.15) is 4.98 Å². The Bertz CT molecular complexity index is 781. The smallest absolute Gasteiger partial charge is 0.412 e. The number of unbranched alkanes of at least 4 members (excludes halogenated alkanes) is 2. The standard InChI is InChI=1S/C18H24FN3O5/c1-3-4-5-6-26-18(25)21-15-14(19)9-22(17(24)20-15)16-13-8-11(23)7-12(13)10(2)27-16/h9-10,12-13,16H,3-8H2,1-2H3,(H,20,21,24,25)/t10-,12-,13-,16-/m1/s1. The summed E-state index contributed by atoms with van der Waals surface area (Å²) in [6.45, 7) is 4.08. The van der Waals surface area contributed by atoms with E-state index in [9.17, 15) is 18.8 Å². The summed E-state index contributed by atoms with van der Waals surface area (Å²) in [6.07, 6.45) is 2.49. The van der Waals surface area contributed by atoms with Crippen LogP contribution < -0.4 is 11.0 Å². The van der Waals surface area contributed by atoms with Crippen LogP contribution in [0.1, 0.15) is 52.2 Å². The monoisotopic (exact) mass is 381 g/mol. The van der Waals surface area contributed by atoms with Crippen LogP contribution in [0.4, 0.5) is 15.0 Å². The molecule has 2 fully saturated rings. The number of fused-ring (bicyclic) bond motifs is 1. The molecular formula is C18H24FN3O5. The fourth-order valence-electron chi connectivity index (χ4n) is 3.80. The molecule has 1 amide bonds. The van der Waals surface area contributed by atoms with Crippen LogP contribution in [-0.2, 0) is 14.3 Å². The average Bonchev–Trinajstić information content (AvgIpc) is 3.13. The number of amides is 1. The molecule has 0 aromatic carbocycles. The molecule has 27 heavy (non-hydrogen) atoms. The molecule has 1 aromatic heterocycles. The molecule has 0 unspecified atom stereocenters.